The van der Waals surface area contributed by atoms with Gasteiger partial charge >= 0.3 is 0 Å². The fourth-order valence-electron chi connectivity index (χ4n) is 2.42. The molecule has 2 heteroatoms. The smallest absolute Gasteiger partial charge is 0.0962 e. The molecule has 0 saturated heterocycles. The van der Waals surface area contributed by atoms with Crippen LogP contribution in [-0.4, -0.2) is 11.7 Å². The number of aliphatic hydroxyl groups excluding tert-OH is 1. The van der Waals surface area contributed by atoms with Crippen molar-refractivity contribution in [2.45, 2.75) is 6.10 Å². The Labute approximate surface area is 131 Å². The number of aliphatic hydroxyl groups is 1. The number of nitrogens with one attached hydrogen (secondary N) is 1. The van der Waals surface area contributed by atoms with Crippen molar-refractivity contribution in [2.75, 3.05) is 11.9 Å². The first-order valence-electron chi connectivity index (χ1n) is 7.45. The maximum absolute atomic E-state index is 10.3. The first-order valence-corrected chi connectivity index (χ1v) is 7.45. The molecule has 0 aliphatic rings. The molecule has 22 heavy (non-hydrogen) atoms. The lowest BCUT2D eigenvalue weighted by molar-refractivity contribution is 0.191. The van der Waals surface area contributed by atoms with Gasteiger partial charge in [-0.2, -0.15) is 0 Å². The molecule has 3 aromatic rings. The van der Waals surface area contributed by atoms with Crippen molar-refractivity contribution in [1.82, 2.24) is 0 Å². The van der Waals surface area contributed by atoms with E-state index in [2.05, 4.69) is 29.6 Å². The van der Waals surface area contributed by atoms with E-state index < -0.39 is 6.10 Å². The Morgan fingerprint density at radius 2 is 1.23 bits per heavy atom. The van der Waals surface area contributed by atoms with Crippen molar-refractivity contribution >= 4 is 5.69 Å². The average Bonchev–Trinajstić information content (AvgIpc) is 2.61. The highest BCUT2D eigenvalue weighted by Gasteiger charge is 2.07. The van der Waals surface area contributed by atoms with Gasteiger partial charge in [-0.3, -0.25) is 0 Å². The van der Waals surface area contributed by atoms with Gasteiger partial charge in [0.15, 0.2) is 0 Å². The number of anilines is 1. The van der Waals surface area contributed by atoms with Crippen molar-refractivity contribution < 1.29 is 5.11 Å². The molecule has 0 aromatic heterocycles. The topological polar surface area (TPSA) is 32.3 Å². The van der Waals surface area contributed by atoms with Crippen molar-refractivity contribution in [3.63, 3.8) is 0 Å². The minimum atomic E-state index is -0.523. The Hall–Kier alpha value is -2.58. The summed E-state index contributed by atoms with van der Waals surface area (Å²) in [5, 5.41) is 13.5. The maximum Gasteiger partial charge on any atom is 0.0962 e. The maximum atomic E-state index is 10.3. The van der Waals surface area contributed by atoms with Crippen LogP contribution in [0.25, 0.3) is 11.1 Å². The third kappa shape index (κ3) is 3.54. The van der Waals surface area contributed by atoms with E-state index in [0.29, 0.717) is 6.54 Å². The first kappa shape index (κ1) is 14.4. The van der Waals surface area contributed by atoms with Gasteiger partial charge in [-0.1, -0.05) is 72.8 Å². The number of para-hydroxylation sites is 1. The molecule has 2 nitrogen and oxygen atoms in total. The quantitative estimate of drug-likeness (QED) is 0.725. The monoisotopic (exact) mass is 289 g/mol. The minimum Gasteiger partial charge on any atom is -0.387 e. The molecule has 0 bridgehead atoms. The second-order valence-corrected chi connectivity index (χ2v) is 5.25. The summed E-state index contributed by atoms with van der Waals surface area (Å²) in [6, 6.07) is 28.2. The fraction of sp³-hybridized carbons (Fsp3) is 0.100. The molecule has 1 unspecified atom stereocenters. The van der Waals surface area contributed by atoms with E-state index in [1.54, 1.807) is 0 Å². The Bertz CT molecular complexity index is 693. The minimum absolute atomic E-state index is 0.495. The molecule has 2 N–H and O–H groups in total. The van der Waals surface area contributed by atoms with E-state index in [0.717, 1.165) is 16.8 Å². The first-order chi connectivity index (χ1) is 10.8. The summed E-state index contributed by atoms with van der Waals surface area (Å²) in [6.45, 7) is 0.495. The molecule has 0 aliphatic carbocycles. The van der Waals surface area contributed by atoms with E-state index in [1.165, 1.54) is 5.56 Å². The number of hydrogen-bond donors (Lipinski definition) is 2. The van der Waals surface area contributed by atoms with Crippen LogP contribution < -0.4 is 5.32 Å². The highest BCUT2D eigenvalue weighted by atomic mass is 16.3. The Balaban J connectivity index is 1.65. The van der Waals surface area contributed by atoms with E-state index >= 15 is 0 Å². The molecular formula is C20H19NO. The number of rotatable bonds is 5. The molecular weight excluding hydrogens is 270 g/mol. The second-order valence-electron chi connectivity index (χ2n) is 5.25. The van der Waals surface area contributed by atoms with Gasteiger partial charge in [-0.25, -0.2) is 0 Å². The molecule has 0 amide bonds. The molecule has 3 rings (SSSR count). The molecule has 3 aromatic carbocycles. The van der Waals surface area contributed by atoms with E-state index in [9.17, 15) is 5.11 Å². The summed E-state index contributed by atoms with van der Waals surface area (Å²) in [5.41, 5.74) is 4.28. The standard InChI is InChI=1S/C20H19NO/c22-20(15-21-19-9-5-2-6-10-19)18-13-11-17(12-14-18)16-7-3-1-4-8-16/h1-14,20-22H,15H2. The van der Waals surface area contributed by atoms with Gasteiger partial charge in [0.1, 0.15) is 0 Å². The molecule has 0 fully saturated rings. The van der Waals surface area contributed by atoms with Crippen molar-refractivity contribution in [1.29, 1.82) is 0 Å². The van der Waals surface area contributed by atoms with Gasteiger partial charge < -0.3 is 10.4 Å². The SMILES string of the molecule is OC(CNc1ccccc1)c1ccc(-c2ccccc2)cc1. The third-order valence-corrected chi connectivity index (χ3v) is 3.68. The largest absolute Gasteiger partial charge is 0.387 e. The second kappa shape index (κ2) is 6.92. The van der Waals surface area contributed by atoms with E-state index in [-0.39, 0.29) is 0 Å². The zero-order valence-corrected chi connectivity index (χ0v) is 12.3. The Morgan fingerprint density at radius 3 is 1.86 bits per heavy atom. The van der Waals surface area contributed by atoms with Crippen LogP contribution >= 0.6 is 0 Å². The highest BCUT2D eigenvalue weighted by Crippen LogP contribution is 2.22. The van der Waals surface area contributed by atoms with Crippen molar-refractivity contribution in [3.8, 4) is 11.1 Å². The van der Waals surface area contributed by atoms with E-state index in [1.807, 2.05) is 60.7 Å². The highest BCUT2D eigenvalue weighted by molar-refractivity contribution is 5.63. The molecule has 110 valence electrons. The zero-order chi connectivity index (χ0) is 15.2. The van der Waals surface area contributed by atoms with Crippen LogP contribution in [0.1, 0.15) is 11.7 Å². The van der Waals surface area contributed by atoms with Crippen molar-refractivity contribution in [2.24, 2.45) is 0 Å². The lowest BCUT2D eigenvalue weighted by atomic mass is 10.0. The van der Waals surface area contributed by atoms with Gasteiger partial charge in [0, 0.05) is 12.2 Å². The third-order valence-electron chi connectivity index (χ3n) is 3.68. The van der Waals surface area contributed by atoms with Crippen LogP contribution in [0.3, 0.4) is 0 Å². The molecule has 0 saturated carbocycles. The molecule has 0 spiro atoms. The van der Waals surface area contributed by atoms with Gasteiger partial charge in [0.2, 0.25) is 0 Å². The normalized spacial score (nSPS) is 11.9. The predicted octanol–water partition coefficient (Wildman–Crippen LogP) is 4.50. The van der Waals surface area contributed by atoms with Crippen LogP contribution in [0, 0.1) is 0 Å². The van der Waals surface area contributed by atoms with Gasteiger partial charge in [-0.15, -0.1) is 0 Å². The van der Waals surface area contributed by atoms with Crippen molar-refractivity contribution in [3.05, 3.63) is 90.5 Å². The van der Waals surface area contributed by atoms with Crippen LogP contribution in [0.15, 0.2) is 84.9 Å². The number of benzene rings is 3. The Morgan fingerprint density at radius 1 is 0.682 bits per heavy atom. The van der Waals surface area contributed by atoms with Crippen LogP contribution in [0.5, 0.6) is 0 Å². The lowest BCUT2D eigenvalue weighted by Gasteiger charge is -2.14. The average molecular weight is 289 g/mol. The van der Waals surface area contributed by atoms with E-state index in [4.69, 9.17) is 0 Å². The zero-order valence-electron chi connectivity index (χ0n) is 12.3. The van der Waals surface area contributed by atoms with Gasteiger partial charge in [-0.05, 0) is 28.8 Å². The lowest BCUT2D eigenvalue weighted by Crippen LogP contribution is -2.11. The summed E-state index contributed by atoms with van der Waals surface area (Å²) in [5.74, 6) is 0. The summed E-state index contributed by atoms with van der Waals surface area (Å²) in [4.78, 5) is 0. The molecule has 0 radical (unpaired) electrons. The molecule has 0 aliphatic heterocycles. The summed E-state index contributed by atoms with van der Waals surface area (Å²) < 4.78 is 0. The fourth-order valence-corrected chi connectivity index (χ4v) is 2.42. The predicted molar refractivity (Wildman–Crippen MR) is 91.8 cm³/mol. The summed E-state index contributed by atoms with van der Waals surface area (Å²) in [7, 11) is 0. The summed E-state index contributed by atoms with van der Waals surface area (Å²) in [6.07, 6.45) is -0.523. The Kier molecular flexibility index (Phi) is 4.52. The number of hydrogen-bond acceptors (Lipinski definition) is 2. The van der Waals surface area contributed by atoms with Gasteiger partial charge in [0.25, 0.3) is 0 Å². The molecule has 0 heterocycles. The van der Waals surface area contributed by atoms with Crippen LogP contribution in [-0.2, 0) is 0 Å². The van der Waals surface area contributed by atoms with Gasteiger partial charge in [0.05, 0.1) is 6.10 Å². The summed E-state index contributed by atoms with van der Waals surface area (Å²) >= 11 is 0. The van der Waals surface area contributed by atoms with Crippen LogP contribution in [0.4, 0.5) is 5.69 Å². The molecule has 1 atom stereocenters. The van der Waals surface area contributed by atoms with Crippen LogP contribution in [0.2, 0.25) is 0 Å².